The van der Waals surface area contributed by atoms with Crippen LogP contribution < -0.4 is 5.32 Å². The summed E-state index contributed by atoms with van der Waals surface area (Å²) < 4.78 is 0. The van der Waals surface area contributed by atoms with Crippen LogP contribution in [0.1, 0.15) is 32.3 Å². The highest BCUT2D eigenvalue weighted by atomic mass is 14.8. The van der Waals surface area contributed by atoms with Gasteiger partial charge in [-0.2, -0.15) is 0 Å². The van der Waals surface area contributed by atoms with Gasteiger partial charge < -0.3 is 10.3 Å². The summed E-state index contributed by atoms with van der Waals surface area (Å²) in [6, 6.07) is 8.45. The highest BCUT2D eigenvalue weighted by Gasteiger charge is 2.03. The van der Waals surface area contributed by atoms with Crippen LogP contribution in [-0.2, 0) is 0 Å². The number of nitrogens with one attached hydrogen (secondary N) is 2. The van der Waals surface area contributed by atoms with E-state index in [0.717, 1.165) is 19.5 Å². The largest absolute Gasteiger partial charge is 0.361 e. The minimum atomic E-state index is 1.06. The predicted molar refractivity (Wildman–Crippen MR) is 79.7 cm³/mol. The monoisotopic (exact) mass is 242 g/mol. The third-order valence-electron chi connectivity index (χ3n) is 3.21. The van der Waals surface area contributed by atoms with Crippen molar-refractivity contribution in [1.82, 2.24) is 10.3 Å². The van der Waals surface area contributed by atoms with E-state index in [1.54, 1.807) is 0 Å². The van der Waals surface area contributed by atoms with Crippen LogP contribution in [-0.4, -0.2) is 18.1 Å². The normalized spacial score (nSPS) is 12.2. The van der Waals surface area contributed by atoms with Crippen LogP contribution in [0.5, 0.6) is 0 Å². The summed E-state index contributed by atoms with van der Waals surface area (Å²) in [5.74, 6) is 0. The van der Waals surface area contributed by atoms with Crippen molar-refractivity contribution < 1.29 is 0 Å². The molecule has 1 heterocycles. The zero-order valence-electron chi connectivity index (χ0n) is 11.3. The highest BCUT2D eigenvalue weighted by molar-refractivity contribution is 5.92. The number of para-hydroxylation sites is 1. The van der Waals surface area contributed by atoms with Crippen molar-refractivity contribution in [3.05, 3.63) is 42.1 Å². The lowest BCUT2D eigenvalue weighted by Crippen LogP contribution is -2.15. The van der Waals surface area contributed by atoms with Crippen molar-refractivity contribution in [3.63, 3.8) is 0 Å². The summed E-state index contributed by atoms with van der Waals surface area (Å²) in [6.07, 6.45) is 6.71. The molecule has 2 N–H and O–H groups in total. The summed E-state index contributed by atoms with van der Waals surface area (Å²) in [7, 11) is 0. The summed E-state index contributed by atoms with van der Waals surface area (Å²) in [5, 5.41) is 4.73. The molecule has 0 saturated heterocycles. The Morgan fingerprint density at radius 2 is 2.11 bits per heavy atom. The van der Waals surface area contributed by atoms with Gasteiger partial charge in [0.1, 0.15) is 0 Å². The molecule has 18 heavy (non-hydrogen) atoms. The number of allylic oxidation sites excluding steroid dienone is 1. The molecule has 0 aliphatic carbocycles. The van der Waals surface area contributed by atoms with Crippen molar-refractivity contribution in [3.8, 4) is 0 Å². The zero-order chi connectivity index (χ0) is 12.8. The number of aromatic amines is 1. The highest BCUT2D eigenvalue weighted by Crippen LogP contribution is 2.24. The van der Waals surface area contributed by atoms with Gasteiger partial charge in [0.05, 0.1) is 0 Å². The van der Waals surface area contributed by atoms with Crippen LogP contribution in [0.4, 0.5) is 0 Å². The molecule has 2 aromatic rings. The molecule has 0 atom stereocenters. The molecular formula is C16H22N2. The Morgan fingerprint density at radius 1 is 1.28 bits per heavy atom. The molecule has 0 spiro atoms. The molecule has 0 unspecified atom stereocenters. The van der Waals surface area contributed by atoms with Gasteiger partial charge in [0.25, 0.3) is 0 Å². The minimum absolute atomic E-state index is 1.06. The van der Waals surface area contributed by atoms with Gasteiger partial charge in [-0.3, -0.25) is 0 Å². The smallest absolute Gasteiger partial charge is 0.0460 e. The van der Waals surface area contributed by atoms with E-state index in [-0.39, 0.29) is 0 Å². The Kier molecular flexibility index (Phi) is 4.59. The third kappa shape index (κ3) is 3.02. The molecule has 96 valence electrons. The number of benzene rings is 1. The Morgan fingerprint density at radius 3 is 2.94 bits per heavy atom. The van der Waals surface area contributed by atoms with Crippen LogP contribution in [0, 0.1) is 0 Å². The molecule has 0 fully saturated rings. The quantitative estimate of drug-likeness (QED) is 0.737. The summed E-state index contributed by atoms with van der Waals surface area (Å²) >= 11 is 0. The lowest BCUT2D eigenvalue weighted by Gasteiger charge is -2.02. The van der Waals surface area contributed by atoms with E-state index in [9.17, 15) is 0 Å². The fraction of sp³-hybridized carbons (Fsp3) is 0.375. The van der Waals surface area contributed by atoms with Crippen LogP contribution in [0.2, 0.25) is 0 Å². The maximum absolute atomic E-state index is 3.42. The first-order chi connectivity index (χ1) is 8.83. The molecule has 0 aliphatic rings. The number of H-pyrrole nitrogens is 1. The van der Waals surface area contributed by atoms with Crippen molar-refractivity contribution in [2.75, 3.05) is 13.1 Å². The van der Waals surface area contributed by atoms with Gasteiger partial charge in [0.2, 0.25) is 0 Å². The fourth-order valence-corrected chi connectivity index (χ4v) is 2.20. The standard InChI is InChI=1S/C16H22N2/c1-3-10-17-11-6-7-13(2)15-12-18-16-9-5-4-8-14(15)16/h4-5,7-9,12,17-18H,3,6,10-11H2,1-2H3/b13-7-. The molecule has 0 radical (unpaired) electrons. The van der Waals surface area contributed by atoms with Crippen molar-refractivity contribution in [2.24, 2.45) is 0 Å². The van der Waals surface area contributed by atoms with Gasteiger partial charge in [0.15, 0.2) is 0 Å². The van der Waals surface area contributed by atoms with Gasteiger partial charge in [-0.25, -0.2) is 0 Å². The van der Waals surface area contributed by atoms with Crippen LogP contribution >= 0.6 is 0 Å². The second-order valence-corrected chi connectivity index (χ2v) is 4.67. The van der Waals surface area contributed by atoms with E-state index in [0.29, 0.717) is 0 Å². The summed E-state index contributed by atoms with van der Waals surface area (Å²) in [4.78, 5) is 3.32. The van der Waals surface area contributed by atoms with Crippen LogP contribution in [0.15, 0.2) is 36.5 Å². The predicted octanol–water partition coefficient (Wildman–Crippen LogP) is 3.96. The number of rotatable bonds is 6. The van der Waals surface area contributed by atoms with Gasteiger partial charge >= 0.3 is 0 Å². The third-order valence-corrected chi connectivity index (χ3v) is 3.21. The minimum Gasteiger partial charge on any atom is -0.361 e. The molecule has 0 aliphatic heterocycles. The number of fused-ring (bicyclic) bond motifs is 1. The lowest BCUT2D eigenvalue weighted by molar-refractivity contribution is 0.678. The molecule has 1 aromatic carbocycles. The first-order valence-corrected chi connectivity index (χ1v) is 6.77. The maximum Gasteiger partial charge on any atom is 0.0460 e. The average Bonchev–Trinajstić information content (AvgIpc) is 2.82. The van der Waals surface area contributed by atoms with E-state index in [2.05, 4.69) is 60.7 Å². The molecule has 0 amide bonds. The van der Waals surface area contributed by atoms with Gasteiger partial charge in [-0.1, -0.05) is 31.2 Å². The first-order valence-electron chi connectivity index (χ1n) is 6.77. The van der Waals surface area contributed by atoms with Gasteiger partial charge in [-0.05, 0) is 44.5 Å². The summed E-state index contributed by atoms with van der Waals surface area (Å²) in [6.45, 7) is 6.56. The SMILES string of the molecule is CCCNCC/C=C(/C)c1c[nH]c2ccccc12. The first kappa shape index (κ1) is 12.9. The molecule has 2 heteroatoms. The Bertz CT molecular complexity index is 523. The van der Waals surface area contributed by atoms with E-state index in [1.165, 1.54) is 28.5 Å². The van der Waals surface area contributed by atoms with Crippen LogP contribution in [0.25, 0.3) is 16.5 Å². The molecular weight excluding hydrogens is 220 g/mol. The van der Waals surface area contributed by atoms with E-state index < -0.39 is 0 Å². The maximum atomic E-state index is 3.42. The molecule has 0 saturated carbocycles. The van der Waals surface area contributed by atoms with Crippen molar-refractivity contribution in [1.29, 1.82) is 0 Å². The van der Waals surface area contributed by atoms with Crippen molar-refractivity contribution in [2.45, 2.75) is 26.7 Å². The van der Waals surface area contributed by atoms with Gasteiger partial charge in [0, 0.05) is 22.7 Å². The van der Waals surface area contributed by atoms with E-state index in [1.807, 2.05) is 0 Å². The number of hydrogen-bond donors (Lipinski definition) is 2. The second-order valence-electron chi connectivity index (χ2n) is 4.67. The topological polar surface area (TPSA) is 27.8 Å². The van der Waals surface area contributed by atoms with Gasteiger partial charge in [-0.15, -0.1) is 0 Å². The Hall–Kier alpha value is -1.54. The Labute approximate surface area is 109 Å². The average molecular weight is 242 g/mol. The molecule has 0 bridgehead atoms. The second kappa shape index (κ2) is 6.41. The van der Waals surface area contributed by atoms with Crippen molar-refractivity contribution >= 4 is 16.5 Å². The Balaban J connectivity index is 2.04. The molecule has 2 nitrogen and oxygen atoms in total. The number of hydrogen-bond acceptors (Lipinski definition) is 1. The zero-order valence-corrected chi connectivity index (χ0v) is 11.3. The molecule has 1 aromatic heterocycles. The fourth-order valence-electron chi connectivity index (χ4n) is 2.20. The van der Waals surface area contributed by atoms with E-state index >= 15 is 0 Å². The van der Waals surface area contributed by atoms with Crippen LogP contribution in [0.3, 0.4) is 0 Å². The summed E-state index contributed by atoms with van der Waals surface area (Å²) in [5.41, 5.74) is 3.89. The molecule has 2 rings (SSSR count). The van der Waals surface area contributed by atoms with E-state index in [4.69, 9.17) is 0 Å². The lowest BCUT2D eigenvalue weighted by atomic mass is 10.1. The number of aromatic nitrogens is 1.